The fourth-order valence-corrected chi connectivity index (χ4v) is 17.1. The molecule has 3 aromatic heterocycles. The van der Waals surface area contributed by atoms with Gasteiger partial charge in [0.15, 0.2) is 0 Å². The van der Waals surface area contributed by atoms with Gasteiger partial charge in [0.1, 0.15) is 78.3 Å². The number of nitrogens with one attached hydrogen (secondary N) is 11. The topological polar surface area (TPSA) is 616 Å². The summed E-state index contributed by atoms with van der Waals surface area (Å²) in [6.45, 7) is 6.36. The maximum atomic E-state index is 14.9. The number of aliphatic hydroxyl groups excluding tert-OH is 1. The van der Waals surface area contributed by atoms with Gasteiger partial charge in [-0.25, -0.2) is 4.98 Å². The van der Waals surface area contributed by atoms with Crippen LogP contribution in [0.15, 0.2) is 97.7 Å². The van der Waals surface area contributed by atoms with Crippen molar-refractivity contribution in [3.8, 4) is 5.75 Å². The number of H-pyrrole nitrogens is 3. The minimum absolute atomic E-state index is 0.0000415. The van der Waals surface area contributed by atoms with Gasteiger partial charge in [-0.15, -0.1) is 11.8 Å². The fraction of sp³-hybridized carbons (Fsp3) is 0.529. The lowest BCUT2D eigenvalue weighted by Gasteiger charge is -2.42. The molecule has 128 heavy (non-hydrogen) atoms. The van der Waals surface area contributed by atoms with E-state index in [2.05, 4.69) is 62.5 Å². The molecule has 6 heterocycles. The minimum atomic E-state index is -1.72. The Kier molecular flexibility index (Phi) is 36.7. The number of β-amino-alcohol motifs (C(OH)–C–C–N with tert-alkyl or cyclic N) is 1. The summed E-state index contributed by atoms with van der Waals surface area (Å²) in [4.78, 5) is 246. The van der Waals surface area contributed by atoms with E-state index in [9.17, 15) is 86.9 Å². The van der Waals surface area contributed by atoms with E-state index < -0.39 is 198 Å². The molecule has 0 saturated carbocycles. The van der Waals surface area contributed by atoms with E-state index in [1.54, 1.807) is 26.2 Å². The van der Waals surface area contributed by atoms with Crippen molar-refractivity contribution in [1.82, 2.24) is 87.0 Å². The standard InChI is InChI=1S/C87H122N22O18S/c1-7-9-22-67(105(5)87(127)70(23-10-8-2)106(6)83(123)57(89)35-50-40-94-58-19-13-11-17-55(50)58)79(119)99-60(21-15-30-88)77(117)104-66(76(116)96-43-73(91)113)45-128-46-74(114)98-64(34-49-25-27-53(110)28-26-49)84(124)108-32-29-69(108)81(121)103-65(39-72(90)112)85(125)107-31-16-24-68(107)80(120)101-62(37-52-42-93-47-97-52)78(118)102-63(33-48(3)4)86(126)109-44-54(111)38-71(109)82(122)100-61(75(92)115)36-51-41-95-59-20-14-12-18-56(51)59/h11-14,17-20,25-28,40-42,47-48,54,57,60-71,94-95,110-111H,7-10,15-16,21-24,29-39,43-46,88-89H2,1-6H3,(H2,90,112)(H2,91,113)(H2,92,115)(H,93,97)(H,96,116)(H,98,114)(H,99,119)(H,100,122)(H,101,120)(H,102,118)(H,103,121)(H,104,117)/t54-,57+,60+,61+,62+,63+,64+,65+,66+,67+,68+,69+,70+,71+/m1/s1. The minimum Gasteiger partial charge on any atom is -0.508 e. The molecule has 0 radical (unpaired) electrons. The van der Waals surface area contributed by atoms with Crippen LogP contribution in [0.5, 0.6) is 5.75 Å². The van der Waals surface area contributed by atoms with Crippen molar-refractivity contribution in [2.75, 3.05) is 58.3 Å². The maximum absolute atomic E-state index is 14.9. The molecular weight excluding hydrogens is 1670 g/mol. The van der Waals surface area contributed by atoms with Crippen molar-refractivity contribution in [1.29, 1.82) is 0 Å². The molecule has 14 atom stereocenters. The number of aromatic hydroxyl groups is 1. The van der Waals surface area contributed by atoms with E-state index in [0.717, 1.165) is 53.8 Å². The Morgan fingerprint density at radius 2 is 1.12 bits per heavy atom. The number of aliphatic hydroxyl groups is 1. The Hall–Kier alpha value is -12.5. The third-order valence-corrected chi connectivity index (χ3v) is 24.3. The van der Waals surface area contributed by atoms with Gasteiger partial charge in [0.25, 0.3) is 0 Å². The van der Waals surface area contributed by atoms with Crippen molar-refractivity contribution in [2.45, 2.75) is 228 Å². The van der Waals surface area contributed by atoms with E-state index in [1.807, 2.05) is 62.4 Å². The average molecular weight is 1800 g/mol. The van der Waals surface area contributed by atoms with Crippen LogP contribution >= 0.6 is 11.8 Å². The highest BCUT2D eigenvalue weighted by molar-refractivity contribution is 8.00. The Bertz CT molecular complexity index is 4910. The number of unbranched alkanes of at least 4 members (excludes halogenated alkanes) is 2. The number of hydrogen-bond donors (Lipinski definition) is 18. The second-order valence-electron chi connectivity index (χ2n) is 33.3. The van der Waals surface area contributed by atoms with Gasteiger partial charge in [-0.3, -0.25) is 76.7 Å². The lowest BCUT2D eigenvalue weighted by Crippen LogP contribution is -2.65. The van der Waals surface area contributed by atoms with Crippen molar-refractivity contribution < 1.29 is 86.9 Å². The van der Waals surface area contributed by atoms with Crippen molar-refractivity contribution in [3.63, 3.8) is 0 Å². The molecule has 3 aliphatic heterocycles. The third-order valence-electron chi connectivity index (χ3n) is 23.3. The predicted molar refractivity (Wildman–Crippen MR) is 473 cm³/mol. The third kappa shape index (κ3) is 27.0. The molecule has 0 spiro atoms. The zero-order valence-corrected chi connectivity index (χ0v) is 73.8. The first kappa shape index (κ1) is 99.3. The Labute approximate surface area is 745 Å². The average Bonchev–Trinajstić information content (AvgIpc) is 0.823. The second-order valence-corrected chi connectivity index (χ2v) is 34.4. The first-order valence-corrected chi connectivity index (χ1v) is 44.5. The van der Waals surface area contributed by atoms with Gasteiger partial charge < -0.3 is 121 Å². The number of aromatic amines is 3. The highest BCUT2D eigenvalue weighted by Crippen LogP contribution is 2.29. The Morgan fingerprint density at radius 1 is 0.562 bits per heavy atom. The van der Waals surface area contributed by atoms with Crippen LogP contribution in [0.4, 0.5) is 0 Å². The molecule has 3 aromatic carbocycles. The second kappa shape index (κ2) is 47.3. The molecule has 0 unspecified atom stereocenters. The van der Waals surface area contributed by atoms with Crippen LogP contribution in [0, 0.1) is 5.92 Å². The number of para-hydroxylation sites is 2. The number of aromatic nitrogens is 4. The molecule has 0 bridgehead atoms. The number of nitrogens with two attached hydrogens (primary N) is 5. The van der Waals surface area contributed by atoms with E-state index in [-0.39, 0.29) is 127 Å². The number of fused-ring (bicyclic) bond motifs is 2. The lowest BCUT2D eigenvalue weighted by atomic mass is 9.97. The first-order valence-electron chi connectivity index (χ1n) is 43.4. The number of phenolic OH excluding ortho intramolecular Hbond substituents is 1. The summed E-state index contributed by atoms with van der Waals surface area (Å²) in [5.74, 6) is -14.3. The van der Waals surface area contributed by atoms with E-state index in [0.29, 0.717) is 42.5 Å². The van der Waals surface area contributed by atoms with Crippen LogP contribution in [0.2, 0.25) is 0 Å². The zero-order chi connectivity index (χ0) is 93.2. The van der Waals surface area contributed by atoms with Crippen LogP contribution in [0.3, 0.4) is 0 Å². The molecule has 23 N–H and O–H groups in total. The monoisotopic (exact) mass is 1790 g/mol. The van der Waals surface area contributed by atoms with Crippen molar-refractivity contribution in [3.05, 3.63) is 120 Å². The lowest BCUT2D eigenvalue weighted by molar-refractivity contribution is -0.151. The number of imidazole rings is 1. The summed E-state index contributed by atoms with van der Waals surface area (Å²) in [5.41, 5.74) is 33.4. The maximum Gasteiger partial charge on any atom is 0.246 e. The molecular formula is C87H122N22O18S. The highest BCUT2D eigenvalue weighted by atomic mass is 32.2. The molecule has 41 heteroatoms. The van der Waals surface area contributed by atoms with E-state index in [1.165, 1.54) is 60.7 Å². The number of carbonyl (C=O) groups excluding carboxylic acids is 16. The quantitative estimate of drug-likeness (QED) is 0.0199. The molecule has 3 aliphatic rings. The van der Waals surface area contributed by atoms with Crippen molar-refractivity contribution in [2.24, 2.45) is 34.6 Å². The van der Waals surface area contributed by atoms with Gasteiger partial charge in [0, 0.05) is 111 Å². The van der Waals surface area contributed by atoms with Crippen LogP contribution < -0.4 is 71.2 Å². The van der Waals surface area contributed by atoms with Gasteiger partial charge in [-0.05, 0) is 111 Å². The number of primary amides is 3. The van der Waals surface area contributed by atoms with Gasteiger partial charge in [-0.2, -0.15) is 0 Å². The van der Waals surface area contributed by atoms with Gasteiger partial charge >= 0.3 is 0 Å². The molecule has 3 saturated heterocycles. The number of hydrogen-bond acceptors (Lipinski definition) is 22. The summed E-state index contributed by atoms with van der Waals surface area (Å²) in [6.07, 6.45) is 6.88. The van der Waals surface area contributed by atoms with Crippen LogP contribution in [0.25, 0.3) is 21.8 Å². The molecule has 6 aromatic rings. The number of nitrogens with zero attached hydrogens (tertiary/aromatic N) is 6. The van der Waals surface area contributed by atoms with Gasteiger partial charge in [-0.1, -0.05) is 102 Å². The normalized spacial score (nSPS) is 17.8. The summed E-state index contributed by atoms with van der Waals surface area (Å²) in [5, 5.41) is 44.1. The van der Waals surface area contributed by atoms with Crippen LogP contribution in [-0.2, 0) is 102 Å². The SMILES string of the molecule is CCCC[C@@H](C(=O)N(C)[C@@H](CCCC)C(=O)N[C@@H](CCCN)C(=O)N[C@@H](CSCC(=O)N[C@@H](Cc1ccc(O)cc1)C(=O)N1CC[C@H]1C(=O)N[C@@H](CC(N)=O)C(=O)N1CCC[C@H]1C(=O)N[C@@H](Cc1cnc[nH]1)C(=O)N[C@@H](CC(C)C)C(=O)N1C[C@H](O)C[C@H]1C(=O)N[C@@H](Cc1c[nH]c2ccccc12)C(N)=O)C(=O)NCC(N)=O)N(C)C(=O)[C@@H](N)Cc1c[nH]c2ccccc12. The van der Waals surface area contributed by atoms with Crippen LogP contribution in [-0.4, -0.2) is 292 Å². The molecule has 0 aliphatic carbocycles. The first-order chi connectivity index (χ1) is 61.1. The molecule has 40 nitrogen and oxygen atoms in total. The number of benzene rings is 3. The van der Waals surface area contributed by atoms with E-state index in [4.69, 9.17) is 28.7 Å². The zero-order valence-electron chi connectivity index (χ0n) is 73.0. The number of amides is 16. The Morgan fingerprint density at radius 3 is 1.72 bits per heavy atom. The molecule has 694 valence electrons. The number of likely N-dealkylation sites (N-methyl/N-ethyl adjacent to an activating group) is 2. The summed E-state index contributed by atoms with van der Waals surface area (Å²) < 4.78 is 0. The van der Waals surface area contributed by atoms with Crippen LogP contribution in [0.1, 0.15) is 140 Å². The summed E-state index contributed by atoms with van der Waals surface area (Å²) >= 11 is 0.817. The summed E-state index contributed by atoms with van der Waals surface area (Å²) in [7, 11) is 2.96. The highest BCUT2D eigenvalue weighted by Gasteiger charge is 2.47. The smallest absolute Gasteiger partial charge is 0.246 e. The fourth-order valence-electron chi connectivity index (χ4n) is 16.3. The molecule has 9 rings (SSSR count). The number of thioether (sulfide) groups is 1. The van der Waals surface area contributed by atoms with E-state index >= 15 is 0 Å². The number of rotatable bonds is 49. The largest absolute Gasteiger partial charge is 0.508 e. The Balaban J connectivity index is 0.841. The molecule has 16 amide bonds. The van der Waals surface area contributed by atoms with Crippen molar-refractivity contribution >= 4 is 128 Å². The predicted octanol–water partition coefficient (Wildman–Crippen LogP) is -1.86. The number of carbonyl (C=O) groups is 16. The van der Waals surface area contributed by atoms with Gasteiger partial charge in [0.2, 0.25) is 94.5 Å². The number of phenols is 1. The van der Waals surface area contributed by atoms with Gasteiger partial charge in [0.05, 0.1) is 37.2 Å². The summed E-state index contributed by atoms with van der Waals surface area (Å²) in [6, 6.07) is 3.31. The number of likely N-dealkylation sites (tertiary alicyclic amines) is 3. The molecule has 3 fully saturated rings.